The van der Waals surface area contributed by atoms with Crippen LogP contribution in [0.25, 0.3) is 0 Å². The van der Waals surface area contributed by atoms with Crippen LogP contribution >= 0.6 is 45.2 Å². The third-order valence-electron chi connectivity index (χ3n) is 2.03. The summed E-state index contributed by atoms with van der Waals surface area (Å²) in [7, 11) is 0. The summed E-state index contributed by atoms with van der Waals surface area (Å²) >= 11 is 4.53. The summed E-state index contributed by atoms with van der Waals surface area (Å²) in [4.78, 5) is 11.8. The minimum atomic E-state index is 0.0351. The minimum absolute atomic E-state index is 0.0351. The van der Waals surface area contributed by atoms with Crippen LogP contribution in [0.3, 0.4) is 0 Å². The van der Waals surface area contributed by atoms with Crippen molar-refractivity contribution in [3.63, 3.8) is 0 Å². The average Bonchev–Trinajstić information content (AvgIpc) is 2.22. The predicted molar refractivity (Wildman–Crippen MR) is 79.7 cm³/mol. The van der Waals surface area contributed by atoms with E-state index in [1.807, 2.05) is 25.1 Å². The molecule has 0 aliphatic heterocycles. The van der Waals surface area contributed by atoms with Crippen LogP contribution in [0.4, 0.5) is 0 Å². The lowest BCUT2D eigenvalue weighted by molar-refractivity contribution is 0.0953. The number of hydrogen-bond donors (Lipinski definition) is 1. The quantitative estimate of drug-likeness (QED) is 0.445. The van der Waals surface area contributed by atoms with Crippen LogP contribution in [0.15, 0.2) is 18.2 Å². The molecule has 1 aromatic rings. The molecule has 4 heteroatoms. The summed E-state index contributed by atoms with van der Waals surface area (Å²) in [5.41, 5.74) is 1.93. The van der Waals surface area contributed by atoms with Crippen molar-refractivity contribution in [3.8, 4) is 0 Å². The van der Waals surface area contributed by atoms with Crippen molar-refractivity contribution in [1.29, 1.82) is 0 Å². The van der Waals surface area contributed by atoms with Crippen LogP contribution in [0.5, 0.6) is 0 Å². The molecule has 0 spiro atoms. The molecule has 0 aliphatic rings. The van der Waals surface area contributed by atoms with Gasteiger partial charge in [0, 0.05) is 14.5 Å². The summed E-state index contributed by atoms with van der Waals surface area (Å²) in [5, 5.41) is 2.92. The molecular weight excluding hydrogens is 416 g/mol. The fraction of sp³-hybridized carbons (Fsp3) is 0.364. The lowest BCUT2D eigenvalue weighted by Gasteiger charge is -2.07. The van der Waals surface area contributed by atoms with Gasteiger partial charge in [0.05, 0.1) is 5.56 Å². The summed E-state index contributed by atoms with van der Waals surface area (Å²) in [5.74, 6) is 0.0351. The molecule has 1 aromatic carbocycles. The molecule has 1 N–H and O–H groups in total. The van der Waals surface area contributed by atoms with Crippen molar-refractivity contribution < 1.29 is 4.79 Å². The zero-order valence-electron chi connectivity index (χ0n) is 8.52. The second-order valence-electron chi connectivity index (χ2n) is 3.23. The SMILES string of the molecule is Cc1cccc(C(=O)NCCCI)c1I. The van der Waals surface area contributed by atoms with E-state index in [0.29, 0.717) is 0 Å². The maximum atomic E-state index is 11.8. The first kappa shape index (κ1) is 13.2. The third kappa shape index (κ3) is 3.90. The zero-order chi connectivity index (χ0) is 11.3. The maximum Gasteiger partial charge on any atom is 0.252 e. The molecule has 0 unspecified atom stereocenters. The standard InChI is InChI=1S/C11H13I2NO/c1-8-4-2-5-9(10(8)13)11(15)14-7-3-6-12/h2,4-5H,3,6-7H2,1H3,(H,14,15). The Bertz CT molecular complexity index is 352. The van der Waals surface area contributed by atoms with E-state index >= 15 is 0 Å². The van der Waals surface area contributed by atoms with E-state index in [1.165, 1.54) is 0 Å². The predicted octanol–water partition coefficient (Wildman–Crippen LogP) is 3.15. The largest absolute Gasteiger partial charge is 0.352 e. The van der Waals surface area contributed by atoms with Crippen molar-refractivity contribution in [3.05, 3.63) is 32.9 Å². The second-order valence-corrected chi connectivity index (χ2v) is 5.39. The molecule has 0 saturated carbocycles. The van der Waals surface area contributed by atoms with Crippen LogP contribution in [0.2, 0.25) is 0 Å². The van der Waals surface area contributed by atoms with Gasteiger partial charge in [-0.2, -0.15) is 0 Å². The highest BCUT2D eigenvalue weighted by Crippen LogP contribution is 2.16. The number of nitrogens with one attached hydrogen (secondary N) is 1. The van der Waals surface area contributed by atoms with Gasteiger partial charge in [0.25, 0.3) is 5.91 Å². The summed E-state index contributed by atoms with van der Waals surface area (Å²) < 4.78 is 2.12. The fourth-order valence-electron chi connectivity index (χ4n) is 1.19. The van der Waals surface area contributed by atoms with E-state index in [1.54, 1.807) is 0 Å². The number of carbonyl (C=O) groups excluding carboxylic acids is 1. The molecule has 2 nitrogen and oxygen atoms in total. The number of alkyl halides is 1. The van der Waals surface area contributed by atoms with E-state index in [0.717, 1.165) is 32.1 Å². The Morgan fingerprint density at radius 3 is 2.87 bits per heavy atom. The van der Waals surface area contributed by atoms with Gasteiger partial charge in [0.15, 0.2) is 0 Å². The fourth-order valence-corrected chi connectivity index (χ4v) is 2.17. The van der Waals surface area contributed by atoms with Gasteiger partial charge in [0.2, 0.25) is 0 Å². The zero-order valence-corrected chi connectivity index (χ0v) is 12.8. The molecule has 0 saturated heterocycles. The topological polar surface area (TPSA) is 29.1 Å². The Morgan fingerprint density at radius 2 is 2.20 bits per heavy atom. The molecule has 0 heterocycles. The molecule has 82 valence electrons. The van der Waals surface area contributed by atoms with Crippen LogP contribution in [0.1, 0.15) is 22.3 Å². The van der Waals surface area contributed by atoms with Gasteiger partial charge in [-0.3, -0.25) is 4.79 Å². The van der Waals surface area contributed by atoms with Gasteiger partial charge in [0.1, 0.15) is 0 Å². The third-order valence-corrected chi connectivity index (χ3v) is 4.23. The number of rotatable bonds is 4. The Hall–Kier alpha value is 0.150. The molecule has 0 bridgehead atoms. The average molecular weight is 429 g/mol. The van der Waals surface area contributed by atoms with E-state index in [-0.39, 0.29) is 5.91 Å². The highest BCUT2D eigenvalue weighted by Gasteiger charge is 2.09. The van der Waals surface area contributed by atoms with E-state index < -0.39 is 0 Å². The van der Waals surface area contributed by atoms with Gasteiger partial charge in [-0.05, 0) is 47.6 Å². The molecule has 0 radical (unpaired) electrons. The number of aryl methyl sites for hydroxylation is 1. The van der Waals surface area contributed by atoms with Crippen molar-refractivity contribution in [2.75, 3.05) is 11.0 Å². The molecule has 0 atom stereocenters. The first-order chi connectivity index (χ1) is 7.16. The van der Waals surface area contributed by atoms with Gasteiger partial charge in [-0.1, -0.05) is 34.7 Å². The second kappa shape index (κ2) is 6.67. The lowest BCUT2D eigenvalue weighted by atomic mass is 10.1. The summed E-state index contributed by atoms with van der Waals surface area (Å²) in [6, 6.07) is 5.81. The minimum Gasteiger partial charge on any atom is -0.352 e. The van der Waals surface area contributed by atoms with Crippen LogP contribution in [-0.2, 0) is 0 Å². The van der Waals surface area contributed by atoms with Gasteiger partial charge in [-0.15, -0.1) is 0 Å². The Labute approximate surface area is 117 Å². The Morgan fingerprint density at radius 1 is 1.47 bits per heavy atom. The number of hydrogen-bond acceptors (Lipinski definition) is 1. The van der Waals surface area contributed by atoms with E-state index in [9.17, 15) is 4.79 Å². The molecule has 1 rings (SSSR count). The Balaban J connectivity index is 2.69. The molecular formula is C11H13I2NO. The highest BCUT2D eigenvalue weighted by atomic mass is 127. The number of halogens is 2. The van der Waals surface area contributed by atoms with Crippen LogP contribution in [0, 0.1) is 10.5 Å². The summed E-state index contributed by atoms with van der Waals surface area (Å²) in [6.07, 6.45) is 1.02. The smallest absolute Gasteiger partial charge is 0.252 e. The van der Waals surface area contributed by atoms with Crippen LogP contribution in [-0.4, -0.2) is 16.9 Å². The Kier molecular flexibility index (Phi) is 5.88. The highest BCUT2D eigenvalue weighted by molar-refractivity contribution is 14.1. The molecule has 15 heavy (non-hydrogen) atoms. The normalized spacial score (nSPS) is 10.1. The lowest BCUT2D eigenvalue weighted by Crippen LogP contribution is -2.25. The van der Waals surface area contributed by atoms with Gasteiger partial charge < -0.3 is 5.32 Å². The van der Waals surface area contributed by atoms with E-state index in [2.05, 4.69) is 50.5 Å². The number of carbonyl (C=O) groups is 1. The molecule has 0 aromatic heterocycles. The van der Waals surface area contributed by atoms with Gasteiger partial charge >= 0.3 is 0 Å². The molecule has 0 fully saturated rings. The number of benzene rings is 1. The van der Waals surface area contributed by atoms with Crippen molar-refractivity contribution >= 4 is 51.1 Å². The summed E-state index contributed by atoms with van der Waals surface area (Å²) in [6.45, 7) is 2.77. The van der Waals surface area contributed by atoms with Crippen molar-refractivity contribution in [1.82, 2.24) is 5.32 Å². The molecule has 0 aliphatic carbocycles. The first-order valence-corrected chi connectivity index (χ1v) is 7.36. The van der Waals surface area contributed by atoms with Crippen LogP contribution < -0.4 is 5.32 Å². The van der Waals surface area contributed by atoms with E-state index in [4.69, 9.17) is 0 Å². The maximum absolute atomic E-state index is 11.8. The molecule has 1 amide bonds. The number of amides is 1. The monoisotopic (exact) mass is 429 g/mol. The van der Waals surface area contributed by atoms with Crippen molar-refractivity contribution in [2.45, 2.75) is 13.3 Å². The van der Waals surface area contributed by atoms with Gasteiger partial charge in [-0.25, -0.2) is 0 Å². The van der Waals surface area contributed by atoms with Crippen molar-refractivity contribution in [2.24, 2.45) is 0 Å². The first-order valence-electron chi connectivity index (χ1n) is 4.76.